The quantitative estimate of drug-likeness (QED) is 0.865. The van der Waals surface area contributed by atoms with Gasteiger partial charge in [0, 0.05) is 19.2 Å². The van der Waals surface area contributed by atoms with Crippen LogP contribution in [0.3, 0.4) is 0 Å². The van der Waals surface area contributed by atoms with Gasteiger partial charge in [-0.2, -0.15) is 0 Å². The minimum Gasteiger partial charge on any atom is -0.339 e. The third-order valence-corrected chi connectivity index (χ3v) is 3.96. The summed E-state index contributed by atoms with van der Waals surface area (Å²) in [6.07, 6.45) is 3.89. The van der Waals surface area contributed by atoms with Gasteiger partial charge in [0.2, 0.25) is 5.91 Å². The summed E-state index contributed by atoms with van der Waals surface area (Å²) in [4.78, 5) is 14.3. The Hall–Kier alpha value is -1.68. The van der Waals surface area contributed by atoms with Gasteiger partial charge in [-0.1, -0.05) is 12.1 Å². The van der Waals surface area contributed by atoms with Gasteiger partial charge in [0.1, 0.15) is 5.82 Å². The molecule has 4 heteroatoms. The van der Waals surface area contributed by atoms with Crippen LogP contribution in [0.15, 0.2) is 30.3 Å². The van der Waals surface area contributed by atoms with Gasteiger partial charge >= 0.3 is 0 Å². The smallest absolute Gasteiger partial charge is 0.246 e. The number of nitrogens with one attached hydrogen (secondary N) is 1. The van der Waals surface area contributed by atoms with Gasteiger partial charge in [-0.05, 0) is 62.5 Å². The number of piperidine rings is 1. The molecule has 1 amide bonds. The average molecular weight is 290 g/mol. The lowest BCUT2D eigenvalue weighted by molar-refractivity contribution is -0.127. The molecule has 21 heavy (non-hydrogen) atoms. The number of likely N-dealkylation sites (tertiary alicyclic amines) is 1. The Kier molecular flexibility index (Phi) is 5.51. The van der Waals surface area contributed by atoms with E-state index in [0.29, 0.717) is 5.92 Å². The van der Waals surface area contributed by atoms with Crippen LogP contribution in [-0.4, -0.2) is 37.5 Å². The van der Waals surface area contributed by atoms with E-state index in [1.54, 1.807) is 18.2 Å². The lowest BCUT2D eigenvalue weighted by Crippen LogP contribution is -2.41. The van der Waals surface area contributed by atoms with Crippen LogP contribution in [0.5, 0.6) is 0 Å². The van der Waals surface area contributed by atoms with E-state index in [1.165, 1.54) is 18.6 Å². The molecule has 1 aliphatic rings. The largest absolute Gasteiger partial charge is 0.339 e. The van der Waals surface area contributed by atoms with Crippen molar-refractivity contribution in [2.75, 3.05) is 26.7 Å². The summed E-state index contributed by atoms with van der Waals surface area (Å²) in [7, 11) is 1.94. The lowest BCUT2D eigenvalue weighted by Gasteiger charge is -2.32. The van der Waals surface area contributed by atoms with Crippen LogP contribution in [0.1, 0.15) is 25.3 Å². The predicted molar refractivity (Wildman–Crippen MR) is 83.3 cm³/mol. The van der Waals surface area contributed by atoms with Crippen LogP contribution in [0.2, 0.25) is 0 Å². The predicted octanol–water partition coefficient (Wildman–Crippen LogP) is 2.69. The van der Waals surface area contributed by atoms with Crippen LogP contribution in [0.4, 0.5) is 4.39 Å². The molecule has 3 nitrogen and oxygen atoms in total. The van der Waals surface area contributed by atoms with Gasteiger partial charge in [-0.25, -0.2) is 4.39 Å². The summed E-state index contributed by atoms with van der Waals surface area (Å²) in [5.41, 5.74) is 1.75. The molecule has 0 aromatic heterocycles. The van der Waals surface area contributed by atoms with E-state index in [1.807, 2.05) is 18.9 Å². The van der Waals surface area contributed by atoms with Crippen molar-refractivity contribution in [3.8, 4) is 0 Å². The summed E-state index contributed by atoms with van der Waals surface area (Å²) in [6, 6.07) is 6.24. The van der Waals surface area contributed by atoms with Gasteiger partial charge in [0.05, 0.1) is 0 Å². The maximum atomic E-state index is 12.9. The van der Waals surface area contributed by atoms with Gasteiger partial charge in [-0.15, -0.1) is 0 Å². The first-order valence-electron chi connectivity index (χ1n) is 7.48. The van der Waals surface area contributed by atoms with Crippen molar-refractivity contribution >= 4 is 11.5 Å². The van der Waals surface area contributed by atoms with Gasteiger partial charge < -0.3 is 10.2 Å². The fraction of sp³-hybridized carbons (Fsp3) is 0.471. The Morgan fingerprint density at radius 3 is 2.81 bits per heavy atom. The van der Waals surface area contributed by atoms with Crippen LogP contribution in [-0.2, 0) is 4.79 Å². The molecule has 0 saturated carbocycles. The number of rotatable bonds is 4. The molecule has 0 aliphatic carbocycles. The number of amides is 1. The third kappa shape index (κ3) is 4.39. The third-order valence-electron chi connectivity index (χ3n) is 3.96. The van der Waals surface area contributed by atoms with Crippen LogP contribution in [0.25, 0.3) is 5.57 Å². The van der Waals surface area contributed by atoms with E-state index in [9.17, 15) is 9.18 Å². The fourth-order valence-electron chi connectivity index (χ4n) is 2.79. The summed E-state index contributed by atoms with van der Waals surface area (Å²) in [5, 5.41) is 3.18. The molecule has 1 fully saturated rings. The van der Waals surface area contributed by atoms with E-state index >= 15 is 0 Å². The van der Waals surface area contributed by atoms with Crippen LogP contribution >= 0.6 is 0 Å². The molecule has 1 unspecified atom stereocenters. The molecular formula is C17H23FN2O. The van der Waals surface area contributed by atoms with E-state index in [0.717, 1.165) is 37.2 Å². The van der Waals surface area contributed by atoms with E-state index in [-0.39, 0.29) is 11.7 Å². The first kappa shape index (κ1) is 15.7. The molecule has 1 aliphatic heterocycles. The van der Waals surface area contributed by atoms with Gasteiger partial charge in [0.15, 0.2) is 0 Å². The van der Waals surface area contributed by atoms with Crippen molar-refractivity contribution in [3.05, 3.63) is 41.7 Å². The van der Waals surface area contributed by atoms with Gasteiger partial charge in [-0.3, -0.25) is 4.79 Å². The highest BCUT2D eigenvalue weighted by molar-refractivity contribution is 5.94. The number of carbonyl (C=O) groups excluding carboxylic acids is 1. The zero-order valence-electron chi connectivity index (χ0n) is 12.7. The molecule has 1 atom stereocenters. The number of allylic oxidation sites excluding steroid dienone is 1. The average Bonchev–Trinajstić information content (AvgIpc) is 2.48. The standard InChI is InChI=1S/C17H23FN2O/c1-13(15-5-7-16(18)8-6-15)10-17(21)20-9-3-4-14(12-20)11-19-2/h5-8,10,14,19H,3-4,9,11-12H2,1-2H3/b13-10+. The molecule has 1 saturated heterocycles. The second kappa shape index (κ2) is 7.36. The monoisotopic (exact) mass is 290 g/mol. The molecule has 0 spiro atoms. The highest BCUT2D eigenvalue weighted by Gasteiger charge is 2.22. The van der Waals surface area contributed by atoms with Crippen molar-refractivity contribution in [3.63, 3.8) is 0 Å². The van der Waals surface area contributed by atoms with Crippen molar-refractivity contribution in [2.45, 2.75) is 19.8 Å². The Morgan fingerprint density at radius 2 is 2.14 bits per heavy atom. The van der Waals surface area contributed by atoms with Gasteiger partial charge in [0.25, 0.3) is 0 Å². The molecule has 1 aromatic carbocycles. The first-order chi connectivity index (χ1) is 10.1. The Balaban J connectivity index is 2.02. The maximum absolute atomic E-state index is 12.9. The Labute approximate surface area is 125 Å². The highest BCUT2D eigenvalue weighted by Crippen LogP contribution is 2.18. The second-order valence-corrected chi connectivity index (χ2v) is 5.68. The first-order valence-corrected chi connectivity index (χ1v) is 7.48. The number of benzene rings is 1. The number of carbonyl (C=O) groups is 1. The van der Waals surface area contributed by atoms with E-state index < -0.39 is 0 Å². The number of hydrogen-bond donors (Lipinski definition) is 1. The minimum atomic E-state index is -0.260. The SMILES string of the molecule is CNCC1CCCN(C(=O)/C=C(\C)c2ccc(F)cc2)C1. The van der Waals surface area contributed by atoms with E-state index in [2.05, 4.69) is 5.32 Å². The Morgan fingerprint density at radius 1 is 1.43 bits per heavy atom. The molecule has 0 bridgehead atoms. The molecule has 1 N–H and O–H groups in total. The highest BCUT2D eigenvalue weighted by atomic mass is 19.1. The summed E-state index contributed by atoms with van der Waals surface area (Å²) in [6.45, 7) is 4.48. The zero-order chi connectivity index (χ0) is 15.2. The molecule has 1 aromatic rings. The van der Waals surface area contributed by atoms with Crippen molar-refractivity contribution < 1.29 is 9.18 Å². The maximum Gasteiger partial charge on any atom is 0.246 e. The van der Waals surface area contributed by atoms with Crippen molar-refractivity contribution in [1.82, 2.24) is 10.2 Å². The molecule has 0 radical (unpaired) electrons. The fourth-order valence-corrected chi connectivity index (χ4v) is 2.79. The number of halogens is 1. The summed E-state index contributed by atoms with van der Waals surface area (Å²) < 4.78 is 12.9. The van der Waals surface area contributed by atoms with Crippen LogP contribution < -0.4 is 5.32 Å². The second-order valence-electron chi connectivity index (χ2n) is 5.68. The minimum absolute atomic E-state index is 0.0534. The van der Waals surface area contributed by atoms with E-state index in [4.69, 9.17) is 0 Å². The zero-order valence-corrected chi connectivity index (χ0v) is 12.7. The van der Waals surface area contributed by atoms with Crippen molar-refractivity contribution in [2.24, 2.45) is 5.92 Å². The summed E-state index contributed by atoms with van der Waals surface area (Å²) >= 11 is 0. The van der Waals surface area contributed by atoms with Crippen molar-refractivity contribution in [1.29, 1.82) is 0 Å². The molecule has 2 rings (SSSR count). The summed E-state index contributed by atoms with van der Waals surface area (Å²) in [5.74, 6) is 0.327. The normalized spacial score (nSPS) is 19.7. The topological polar surface area (TPSA) is 32.3 Å². The number of hydrogen-bond acceptors (Lipinski definition) is 2. The molecule has 114 valence electrons. The van der Waals surface area contributed by atoms with Crippen LogP contribution in [0, 0.1) is 11.7 Å². The number of nitrogens with zero attached hydrogens (tertiary/aromatic N) is 1. The Bertz CT molecular complexity index is 508. The molecular weight excluding hydrogens is 267 g/mol. The molecule has 1 heterocycles. The lowest BCUT2D eigenvalue weighted by atomic mass is 9.97.